The van der Waals surface area contributed by atoms with Gasteiger partial charge in [-0.3, -0.25) is 0 Å². The second-order valence-electron chi connectivity index (χ2n) is 4.98. The number of rotatable bonds is 0. The van der Waals surface area contributed by atoms with Gasteiger partial charge in [0, 0.05) is 0 Å². The largest absolute Gasteiger partial charge is 0.506 e. The fourth-order valence-electron chi connectivity index (χ4n) is 1.31. The Morgan fingerprint density at radius 1 is 1.13 bits per heavy atom. The highest BCUT2D eigenvalue weighted by Gasteiger charge is 2.08. The molecule has 0 bridgehead atoms. The molecular formula is C13H18OSi. The summed E-state index contributed by atoms with van der Waals surface area (Å²) < 4.78 is 0. The van der Waals surface area contributed by atoms with Gasteiger partial charge in [0.15, 0.2) is 0 Å². The predicted molar refractivity (Wildman–Crippen MR) is 67.8 cm³/mol. The van der Waals surface area contributed by atoms with Crippen LogP contribution in [0.15, 0.2) is 12.1 Å². The molecule has 0 aliphatic carbocycles. The quantitative estimate of drug-likeness (QED) is 0.523. The van der Waals surface area contributed by atoms with E-state index < -0.39 is 8.07 Å². The molecule has 0 aliphatic heterocycles. The molecule has 0 spiro atoms. The van der Waals surface area contributed by atoms with Crippen LogP contribution in [0, 0.1) is 25.3 Å². The van der Waals surface area contributed by atoms with E-state index in [4.69, 9.17) is 0 Å². The molecule has 0 aromatic heterocycles. The first-order valence-electron chi connectivity index (χ1n) is 5.13. The van der Waals surface area contributed by atoms with Gasteiger partial charge in [-0.1, -0.05) is 31.6 Å². The Bertz CT molecular complexity index is 430. The maximum Gasteiger partial charge on any atom is 0.134 e. The van der Waals surface area contributed by atoms with E-state index in [0.29, 0.717) is 5.75 Å². The molecule has 1 aromatic rings. The molecule has 2 heteroatoms. The Labute approximate surface area is 93.2 Å². The minimum atomic E-state index is -1.37. The summed E-state index contributed by atoms with van der Waals surface area (Å²) in [5, 5.41) is 9.83. The molecular weight excluding hydrogens is 200 g/mol. The summed E-state index contributed by atoms with van der Waals surface area (Å²) in [6, 6.07) is 3.91. The summed E-state index contributed by atoms with van der Waals surface area (Å²) in [5.74, 6) is 3.42. The van der Waals surface area contributed by atoms with Crippen LogP contribution in [-0.2, 0) is 0 Å². The van der Waals surface area contributed by atoms with Crippen LogP contribution in [0.3, 0.4) is 0 Å². The monoisotopic (exact) mass is 218 g/mol. The Kier molecular flexibility index (Phi) is 3.26. The lowest BCUT2D eigenvalue weighted by molar-refractivity contribution is 0.469. The molecule has 0 amide bonds. The Morgan fingerprint density at radius 2 is 1.73 bits per heavy atom. The Hall–Kier alpha value is -1.20. The summed E-state index contributed by atoms with van der Waals surface area (Å²) in [5.41, 5.74) is 6.06. The van der Waals surface area contributed by atoms with Gasteiger partial charge in [-0.2, -0.15) is 0 Å². The first-order chi connectivity index (χ1) is 6.79. The van der Waals surface area contributed by atoms with E-state index in [9.17, 15) is 5.11 Å². The number of aryl methyl sites for hydroxylation is 2. The van der Waals surface area contributed by atoms with Crippen molar-refractivity contribution in [3.8, 4) is 17.2 Å². The van der Waals surface area contributed by atoms with E-state index in [-0.39, 0.29) is 0 Å². The third-order valence-corrected chi connectivity index (χ3v) is 2.89. The molecule has 1 aromatic carbocycles. The van der Waals surface area contributed by atoms with Crippen molar-refractivity contribution in [1.29, 1.82) is 0 Å². The van der Waals surface area contributed by atoms with E-state index in [1.165, 1.54) is 0 Å². The number of phenols is 1. The van der Waals surface area contributed by atoms with Gasteiger partial charge in [0.25, 0.3) is 0 Å². The molecule has 1 nitrogen and oxygen atoms in total. The van der Waals surface area contributed by atoms with Gasteiger partial charge in [-0.25, -0.2) is 0 Å². The second kappa shape index (κ2) is 4.12. The van der Waals surface area contributed by atoms with Crippen molar-refractivity contribution >= 4 is 8.07 Å². The fraction of sp³-hybridized carbons (Fsp3) is 0.385. The van der Waals surface area contributed by atoms with Crippen molar-refractivity contribution in [2.24, 2.45) is 0 Å². The zero-order valence-electron chi connectivity index (χ0n) is 10.1. The SMILES string of the molecule is Cc1cc(C)c(O)c(C#C[Si](C)(C)C)c1. The van der Waals surface area contributed by atoms with Gasteiger partial charge in [-0.05, 0) is 31.0 Å². The normalized spacial score (nSPS) is 10.7. The van der Waals surface area contributed by atoms with E-state index in [1.54, 1.807) is 0 Å². The van der Waals surface area contributed by atoms with Crippen LogP contribution in [0.25, 0.3) is 0 Å². The Morgan fingerprint density at radius 3 is 2.27 bits per heavy atom. The highest BCUT2D eigenvalue weighted by Crippen LogP contribution is 2.22. The second-order valence-corrected chi connectivity index (χ2v) is 9.73. The van der Waals surface area contributed by atoms with Gasteiger partial charge in [0.1, 0.15) is 13.8 Å². The van der Waals surface area contributed by atoms with Crippen LogP contribution in [0.1, 0.15) is 16.7 Å². The maximum absolute atomic E-state index is 9.83. The molecule has 0 atom stereocenters. The number of hydrogen-bond donors (Lipinski definition) is 1. The molecule has 15 heavy (non-hydrogen) atoms. The van der Waals surface area contributed by atoms with Gasteiger partial charge < -0.3 is 5.11 Å². The van der Waals surface area contributed by atoms with Crippen LogP contribution in [0.4, 0.5) is 0 Å². The molecule has 0 fully saturated rings. The van der Waals surface area contributed by atoms with Crippen molar-refractivity contribution in [1.82, 2.24) is 0 Å². The van der Waals surface area contributed by atoms with Crippen LogP contribution in [-0.4, -0.2) is 13.2 Å². The standard InChI is InChI=1S/C13H18OSi/c1-10-8-11(2)13(14)12(9-10)6-7-15(3,4)5/h8-9,14H,1-5H3. The zero-order chi connectivity index (χ0) is 11.6. The van der Waals surface area contributed by atoms with E-state index in [0.717, 1.165) is 16.7 Å². The molecule has 0 saturated heterocycles. The molecule has 0 radical (unpaired) electrons. The van der Waals surface area contributed by atoms with Gasteiger partial charge in [-0.15, -0.1) is 5.54 Å². The minimum absolute atomic E-state index is 0.325. The first-order valence-corrected chi connectivity index (χ1v) is 8.63. The number of aromatic hydroxyl groups is 1. The lowest BCUT2D eigenvalue weighted by atomic mass is 10.1. The summed E-state index contributed by atoms with van der Waals surface area (Å²) in [4.78, 5) is 0. The van der Waals surface area contributed by atoms with Crippen molar-refractivity contribution in [2.45, 2.75) is 33.5 Å². The summed E-state index contributed by atoms with van der Waals surface area (Å²) in [6.07, 6.45) is 0. The smallest absolute Gasteiger partial charge is 0.134 e. The first kappa shape index (κ1) is 11.9. The van der Waals surface area contributed by atoms with Crippen molar-refractivity contribution < 1.29 is 5.11 Å². The third-order valence-electron chi connectivity index (χ3n) is 2.02. The lowest BCUT2D eigenvalue weighted by Gasteiger charge is -2.06. The average molecular weight is 218 g/mol. The maximum atomic E-state index is 9.83. The van der Waals surface area contributed by atoms with Crippen LogP contribution >= 0.6 is 0 Å². The summed E-state index contributed by atoms with van der Waals surface area (Å²) in [7, 11) is -1.37. The summed E-state index contributed by atoms with van der Waals surface area (Å²) >= 11 is 0. The van der Waals surface area contributed by atoms with Crippen molar-refractivity contribution in [3.63, 3.8) is 0 Å². The number of benzene rings is 1. The Balaban J connectivity index is 3.20. The van der Waals surface area contributed by atoms with E-state index in [1.807, 2.05) is 26.0 Å². The molecule has 0 unspecified atom stereocenters. The number of hydrogen-bond acceptors (Lipinski definition) is 1. The molecule has 0 aliphatic rings. The average Bonchev–Trinajstić information content (AvgIpc) is 2.07. The van der Waals surface area contributed by atoms with Crippen LogP contribution < -0.4 is 0 Å². The molecule has 80 valence electrons. The minimum Gasteiger partial charge on any atom is -0.506 e. The third kappa shape index (κ3) is 3.45. The predicted octanol–water partition coefficient (Wildman–Crippen LogP) is 3.24. The van der Waals surface area contributed by atoms with Crippen LogP contribution in [0.5, 0.6) is 5.75 Å². The van der Waals surface area contributed by atoms with Crippen molar-refractivity contribution in [2.75, 3.05) is 0 Å². The zero-order valence-corrected chi connectivity index (χ0v) is 11.1. The van der Waals surface area contributed by atoms with Gasteiger partial charge in [0.05, 0.1) is 5.56 Å². The molecule has 1 N–H and O–H groups in total. The van der Waals surface area contributed by atoms with E-state index in [2.05, 4.69) is 31.1 Å². The van der Waals surface area contributed by atoms with Gasteiger partial charge in [0.2, 0.25) is 0 Å². The highest BCUT2D eigenvalue weighted by atomic mass is 28.3. The fourth-order valence-corrected chi connectivity index (χ4v) is 1.82. The van der Waals surface area contributed by atoms with E-state index >= 15 is 0 Å². The molecule has 0 saturated carbocycles. The van der Waals surface area contributed by atoms with Crippen LogP contribution in [0.2, 0.25) is 19.6 Å². The molecule has 1 rings (SSSR count). The lowest BCUT2D eigenvalue weighted by Crippen LogP contribution is -2.16. The summed E-state index contributed by atoms with van der Waals surface area (Å²) in [6.45, 7) is 10.5. The molecule has 0 heterocycles. The topological polar surface area (TPSA) is 20.2 Å². The highest BCUT2D eigenvalue weighted by molar-refractivity contribution is 6.83. The van der Waals surface area contributed by atoms with Crippen molar-refractivity contribution in [3.05, 3.63) is 28.8 Å². The van der Waals surface area contributed by atoms with Gasteiger partial charge >= 0.3 is 0 Å². The number of phenolic OH excluding ortho intramolecular Hbond substituents is 1.